The Morgan fingerprint density at radius 3 is 2.80 bits per heavy atom. The van der Waals surface area contributed by atoms with E-state index in [0.29, 0.717) is 0 Å². The molecule has 0 bridgehead atoms. The third-order valence-corrected chi connectivity index (χ3v) is 2.19. The molecule has 0 fully saturated rings. The van der Waals surface area contributed by atoms with E-state index in [1.165, 1.54) is 25.3 Å². The van der Waals surface area contributed by atoms with Crippen LogP contribution in [0.1, 0.15) is 19.4 Å². The van der Waals surface area contributed by atoms with Gasteiger partial charge in [0, 0.05) is 13.1 Å². The largest absolute Gasteiger partial charge is 0.506 e. The molecule has 0 radical (unpaired) electrons. The summed E-state index contributed by atoms with van der Waals surface area (Å²) in [5.74, 6) is -1.88. The van der Waals surface area contributed by atoms with E-state index in [2.05, 4.69) is 15.0 Å². The summed E-state index contributed by atoms with van der Waals surface area (Å²) in [5.41, 5.74) is -0.487. The summed E-state index contributed by atoms with van der Waals surface area (Å²) >= 11 is 0. The van der Waals surface area contributed by atoms with Crippen LogP contribution >= 0.6 is 0 Å². The minimum atomic E-state index is -0.940. The fourth-order valence-electron chi connectivity index (χ4n) is 1.40. The number of aliphatic hydroxyl groups is 1. The van der Waals surface area contributed by atoms with Gasteiger partial charge in [-0.15, -0.1) is 0 Å². The number of nitrogens with zero attached hydrogens (tertiary/aromatic N) is 2. The van der Waals surface area contributed by atoms with Crippen LogP contribution in [0.25, 0.3) is 5.76 Å². The number of carbonyl (C=O) groups is 2. The molecule has 0 aliphatic carbocycles. The molecule has 1 aromatic rings. The number of amides is 1. The molecular formula is C13H13N3O4. The lowest BCUT2D eigenvalue weighted by molar-refractivity contribution is -0.138. The molecule has 0 spiro atoms. The zero-order valence-corrected chi connectivity index (χ0v) is 11.0. The van der Waals surface area contributed by atoms with Gasteiger partial charge in [0.2, 0.25) is 5.91 Å². The van der Waals surface area contributed by atoms with Crippen LogP contribution in [0.2, 0.25) is 0 Å². The molecule has 1 heterocycles. The van der Waals surface area contributed by atoms with Crippen LogP contribution in [0.4, 0.5) is 5.82 Å². The second-order valence-corrected chi connectivity index (χ2v) is 3.64. The zero-order chi connectivity index (χ0) is 15.1. The Morgan fingerprint density at radius 1 is 1.55 bits per heavy atom. The molecule has 7 heteroatoms. The average molecular weight is 275 g/mol. The number of nitrogens with one attached hydrogen (secondary N) is 1. The highest BCUT2D eigenvalue weighted by molar-refractivity contribution is 6.01. The normalized spacial score (nSPS) is 11.1. The first-order valence-electron chi connectivity index (χ1n) is 5.74. The highest BCUT2D eigenvalue weighted by Gasteiger charge is 2.20. The van der Waals surface area contributed by atoms with Crippen LogP contribution in [0.3, 0.4) is 0 Å². The molecule has 0 unspecified atom stereocenters. The lowest BCUT2D eigenvalue weighted by Gasteiger charge is -2.09. The average Bonchev–Trinajstić information content (AvgIpc) is 2.39. The van der Waals surface area contributed by atoms with Gasteiger partial charge in [-0.2, -0.15) is 5.26 Å². The van der Waals surface area contributed by atoms with Crippen molar-refractivity contribution in [3.05, 3.63) is 29.5 Å². The fourth-order valence-corrected chi connectivity index (χ4v) is 1.40. The molecule has 0 aliphatic rings. The van der Waals surface area contributed by atoms with Crippen molar-refractivity contribution in [1.82, 2.24) is 4.98 Å². The number of rotatable bonds is 4. The van der Waals surface area contributed by atoms with Gasteiger partial charge in [-0.25, -0.2) is 9.78 Å². The maximum atomic E-state index is 11.6. The highest BCUT2D eigenvalue weighted by Crippen LogP contribution is 2.23. The summed E-state index contributed by atoms with van der Waals surface area (Å²) in [6, 6.07) is 4.50. The number of carbonyl (C=O) groups excluding carboxylic acids is 2. The molecule has 104 valence electrons. The molecule has 0 aliphatic heterocycles. The van der Waals surface area contributed by atoms with Crippen molar-refractivity contribution >= 4 is 23.5 Å². The number of ether oxygens (including phenoxy) is 1. The summed E-state index contributed by atoms with van der Waals surface area (Å²) in [6.07, 6.45) is 1.40. The number of hydrogen-bond donors (Lipinski definition) is 2. The van der Waals surface area contributed by atoms with Crippen LogP contribution in [0.15, 0.2) is 23.9 Å². The first-order valence-corrected chi connectivity index (χ1v) is 5.74. The van der Waals surface area contributed by atoms with E-state index in [-0.39, 0.29) is 18.0 Å². The fraction of sp³-hybridized carbons (Fsp3) is 0.231. The summed E-state index contributed by atoms with van der Waals surface area (Å²) in [6.45, 7) is 2.93. The monoisotopic (exact) mass is 275 g/mol. The SMILES string of the molecule is CCOC(=O)/C(C#N)=C(\O)c1cccnc1NC(C)=O. The van der Waals surface area contributed by atoms with Crippen LogP contribution in [0.5, 0.6) is 0 Å². The quantitative estimate of drug-likeness (QED) is 0.371. The zero-order valence-electron chi connectivity index (χ0n) is 11.0. The minimum Gasteiger partial charge on any atom is -0.506 e. The van der Waals surface area contributed by atoms with Crippen molar-refractivity contribution in [2.45, 2.75) is 13.8 Å². The van der Waals surface area contributed by atoms with Crippen molar-refractivity contribution in [1.29, 1.82) is 5.26 Å². The molecule has 1 amide bonds. The number of esters is 1. The van der Waals surface area contributed by atoms with Crippen LogP contribution in [-0.2, 0) is 14.3 Å². The maximum absolute atomic E-state index is 11.6. The van der Waals surface area contributed by atoms with Gasteiger partial charge in [0.15, 0.2) is 11.3 Å². The number of aromatic nitrogens is 1. The van der Waals surface area contributed by atoms with Crippen LogP contribution < -0.4 is 5.32 Å². The highest BCUT2D eigenvalue weighted by atomic mass is 16.5. The third kappa shape index (κ3) is 3.55. The number of aliphatic hydroxyl groups excluding tert-OH is 1. The van der Waals surface area contributed by atoms with Crippen molar-refractivity contribution in [2.24, 2.45) is 0 Å². The van der Waals surface area contributed by atoms with E-state index in [1.54, 1.807) is 13.0 Å². The summed E-state index contributed by atoms with van der Waals surface area (Å²) in [4.78, 5) is 26.5. The van der Waals surface area contributed by atoms with Crippen molar-refractivity contribution < 1.29 is 19.4 Å². The smallest absolute Gasteiger partial charge is 0.352 e. The molecule has 7 nitrogen and oxygen atoms in total. The van der Waals surface area contributed by atoms with Crippen LogP contribution in [0, 0.1) is 11.3 Å². The van der Waals surface area contributed by atoms with Gasteiger partial charge in [-0.3, -0.25) is 4.79 Å². The molecule has 0 aromatic carbocycles. The first kappa shape index (κ1) is 15.2. The Hall–Kier alpha value is -2.88. The third-order valence-electron chi connectivity index (χ3n) is 2.19. The van der Waals surface area contributed by atoms with Gasteiger partial charge in [0.1, 0.15) is 11.9 Å². The van der Waals surface area contributed by atoms with Gasteiger partial charge in [-0.1, -0.05) is 0 Å². The van der Waals surface area contributed by atoms with E-state index >= 15 is 0 Å². The minimum absolute atomic E-state index is 0.0505. The molecule has 0 saturated carbocycles. The van der Waals surface area contributed by atoms with Gasteiger partial charge in [0.25, 0.3) is 0 Å². The standard InChI is InChI=1S/C13H13N3O4/c1-3-20-13(19)10(7-14)11(18)9-5-4-6-15-12(9)16-8(2)17/h4-6,18H,3H2,1-2H3,(H,15,16,17)/b11-10-. The predicted molar refractivity (Wildman–Crippen MR) is 70.3 cm³/mol. The number of hydrogen-bond acceptors (Lipinski definition) is 6. The van der Waals surface area contributed by atoms with Gasteiger partial charge in [0.05, 0.1) is 12.2 Å². The van der Waals surface area contributed by atoms with Crippen molar-refractivity contribution in [3.63, 3.8) is 0 Å². The van der Waals surface area contributed by atoms with E-state index in [0.717, 1.165) is 0 Å². The molecule has 0 atom stereocenters. The van der Waals surface area contributed by atoms with E-state index < -0.39 is 23.2 Å². The number of anilines is 1. The summed E-state index contributed by atoms with van der Waals surface area (Å²) < 4.78 is 4.67. The number of pyridine rings is 1. The maximum Gasteiger partial charge on any atom is 0.352 e. The first-order chi connectivity index (χ1) is 9.51. The predicted octanol–water partition coefficient (Wildman–Crippen LogP) is 1.40. The van der Waals surface area contributed by atoms with E-state index in [9.17, 15) is 14.7 Å². The second kappa shape index (κ2) is 6.89. The van der Waals surface area contributed by atoms with Crippen molar-refractivity contribution in [3.8, 4) is 6.07 Å². The lowest BCUT2D eigenvalue weighted by atomic mass is 10.1. The number of nitriles is 1. The van der Waals surface area contributed by atoms with Gasteiger partial charge < -0.3 is 15.2 Å². The van der Waals surface area contributed by atoms with Crippen LogP contribution in [-0.4, -0.2) is 28.6 Å². The summed E-state index contributed by atoms with van der Waals surface area (Å²) in [5, 5.41) is 21.4. The molecule has 1 aromatic heterocycles. The Balaban J connectivity index is 3.31. The molecule has 1 rings (SSSR count). The van der Waals surface area contributed by atoms with Gasteiger partial charge in [-0.05, 0) is 19.1 Å². The Labute approximate surface area is 115 Å². The van der Waals surface area contributed by atoms with E-state index in [4.69, 9.17) is 5.26 Å². The molecule has 20 heavy (non-hydrogen) atoms. The molecule has 0 saturated heterocycles. The molecule has 2 N–H and O–H groups in total. The lowest BCUT2D eigenvalue weighted by Crippen LogP contribution is -2.12. The van der Waals surface area contributed by atoms with Gasteiger partial charge >= 0.3 is 5.97 Å². The summed E-state index contributed by atoms with van der Waals surface area (Å²) in [7, 11) is 0. The Bertz CT molecular complexity index is 602. The molecular weight excluding hydrogens is 262 g/mol. The Morgan fingerprint density at radius 2 is 2.25 bits per heavy atom. The second-order valence-electron chi connectivity index (χ2n) is 3.64. The Kier molecular flexibility index (Phi) is 5.23. The topological polar surface area (TPSA) is 112 Å². The van der Waals surface area contributed by atoms with E-state index in [1.807, 2.05) is 0 Å². The van der Waals surface area contributed by atoms with Crippen molar-refractivity contribution in [2.75, 3.05) is 11.9 Å².